The summed E-state index contributed by atoms with van der Waals surface area (Å²) in [6, 6.07) is 12.5. The van der Waals surface area contributed by atoms with E-state index in [9.17, 15) is 4.79 Å². The van der Waals surface area contributed by atoms with E-state index in [1.54, 1.807) is 38.5 Å². The molecule has 3 rings (SSSR count). The molecule has 5 nitrogen and oxygen atoms in total. The largest absolute Gasteiger partial charge is 0.497 e. The number of rotatable bonds is 6. The molecule has 27 heavy (non-hydrogen) atoms. The van der Waals surface area contributed by atoms with Crippen LogP contribution in [0.15, 0.2) is 52.6 Å². The SMILES string of the molecule is COc1ccc(C(=O)c2c(C=C(C)N(C)C)oc3ccc(OC)cc23)cc1. The van der Waals surface area contributed by atoms with Crippen LogP contribution >= 0.6 is 0 Å². The molecule has 0 bridgehead atoms. The lowest BCUT2D eigenvalue weighted by molar-refractivity contribution is 0.103. The van der Waals surface area contributed by atoms with Crippen LogP contribution in [-0.2, 0) is 0 Å². The summed E-state index contributed by atoms with van der Waals surface area (Å²) < 4.78 is 16.5. The molecule has 0 atom stereocenters. The lowest BCUT2D eigenvalue weighted by Crippen LogP contribution is -2.08. The zero-order valence-electron chi connectivity index (χ0n) is 16.2. The number of ether oxygens (including phenoxy) is 2. The summed E-state index contributed by atoms with van der Waals surface area (Å²) in [7, 11) is 7.09. The fourth-order valence-electron chi connectivity index (χ4n) is 2.76. The molecule has 0 radical (unpaired) electrons. The highest BCUT2D eigenvalue weighted by atomic mass is 16.5. The number of benzene rings is 2. The summed E-state index contributed by atoms with van der Waals surface area (Å²) in [5.41, 5.74) is 2.71. The quantitative estimate of drug-likeness (QED) is 0.598. The van der Waals surface area contributed by atoms with Crippen molar-refractivity contribution in [2.45, 2.75) is 6.92 Å². The number of carbonyl (C=O) groups is 1. The minimum atomic E-state index is -0.109. The molecule has 0 saturated carbocycles. The van der Waals surface area contributed by atoms with Crippen molar-refractivity contribution in [3.63, 3.8) is 0 Å². The van der Waals surface area contributed by atoms with Crippen LogP contribution in [0.4, 0.5) is 0 Å². The molecule has 0 aliphatic heterocycles. The first-order chi connectivity index (χ1) is 12.9. The fraction of sp³-hybridized carbons (Fsp3) is 0.227. The molecule has 0 aliphatic carbocycles. The molecule has 0 aliphatic rings. The van der Waals surface area contributed by atoms with Crippen LogP contribution in [0.2, 0.25) is 0 Å². The van der Waals surface area contributed by atoms with Crippen LogP contribution in [-0.4, -0.2) is 39.0 Å². The van der Waals surface area contributed by atoms with E-state index in [0.717, 1.165) is 11.1 Å². The van der Waals surface area contributed by atoms with Crippen molar-refractivity contribution >= 4 is 22.8 Å². The zero-order chi connectivity index (χ0) is 19.6. The Morgan fingerprint density at radius 3 is 2.22 bits per heavy atom. The zero-order valence-corrected chi connectivity index (χ0v) is 16.2. The Bertz CT molecular complexity index is 997. The van der Waals surface area contributed by atoms with E-state index in [2.05, 4.69) is 0 Å². The highest BCUT2D eigenvalue weighted by molar-refractivity contribution is 6.18. The Balaban J connectivity index is 2.20. The Labute approximate surface area is 158 Å². The van der Waals surface area contributed by atoms with Gasteiger partial charge >= 0.3 is 0 Å². The van der Waals surface area contributed by atoms with Gasteiger partial charge in [0.1, 0.15) is 22.8 Å². The van der Waals surface area contributed by atoms with Crippen molar-refractivity contribution in [3.8, 4) is 11.5 Å². The van der Waals surface area contributed by atoms with Crippen LogP contribution in [0, 0.1) is 0 Å². The number of fused-ring (bicyclic) bond motifs is 1. The van der Waals surface area contributed by atoms with Crippen LogP contribution < -0.4 is 9.47 Å². The third kappa shape index (κ3) is 3.67. The fourth-order valence-corrected chi connectivity index (χ4v) is 2.76. The van der Waals surface area contributed by atoms with E-state index in [-0.39, 0.29) is 5.78 Å². The van der Waals surface area contributed by atoms with Crippen molar-refractivity contribution in [1.82, 2.24) is 4.90 Å². The minimum Gasteiger partial charge on any atom is -0.497 e. The van der Waals surface area contributed by atoms with E-state index in [1.165, 1.54) is 0 Å². The Kier molecular flexibility index (Phi) is 5.21. The van der Waals surface area contributed by atoms with Gasteiger partial charge in [-0.3, -0.25) is 4.79 Å². The van der Waals surface area contributed by atoms with Gasteiger partial charge in [-0.15, -0.1) is 0 Å². The monoisotopic (exact) mass is 365 g/mol. The second-order valence-electron chi connectivity index (χ2n) is 6.44. The summed E-state index contributed by atoms with van der Waals surface area (Å²) >= 11 is 0. The van der Waals surface area contributed by atoms with Crippen molar-refractivity contribution in [2.75, 3.05) is 28.3 Å². The van der Waals surface area contributed by atoms with Gasteiger partial charge in [-0.25, -0.2) is 0 Å². The maximum Gasteiger partial charge on any atom is 0.197 e. The molecule has 0 amide bonds. The Morgan fingerprint density at radius 2 is 1.63 bits per heavy atom. The molecule has 140 valence electrons. The van der Waals surface area contributed by atoms with Crippen molar-refractivity contribution in [3.05, 3.63) is 65.0 Å². The number of hydrogen-bond donors (Lipinski definition) is 0. The summed E-state index contributed by atoms with van der Waals surface area (Å²) in [5, 5.41) is 0.730. The van der Waals surface area contributed by atoms with Crippen LogP contribution in [0.25, 0.3) is 17.0 Å². The van der Waals surface area contributed by atoms with E-state index in [4.69, 9.17) is 13.9 Å². The lowest BCUT2D eigenvalue weighted by atomic mass is 9.99. The lowest BCUT2D eigenvalue weighted by Gasteiger charge is -2.12. The van der Waals surface area contributed by atoms with Crippen LogP contribution in [0.1, 0.15) is 28.6 Å². The predicted molar refractivity (Wildman–Crippen MR) is 107 cm³/mol. The maximum absolute atomic E-state index is 13.3. The smallest absolute Gasteiger partial charge is 0.197 e. The average molecular weight is 365 g/mol. The summed E-state index contributed by atoms with van der Waals surface area (Å²) in [6.07, 6.45) is 1.88. The number of methoxy groups -OCH3 is 2. The summed E-state index contributed by atoms with van der Waals surface area (Å²) in [4.78, 5) is 15.3. The second-order valence-corrected chi connectivity index (χ2v) is 6.44. The normalized spacial score (nSPS) is 11.5. The van der Waals surface area contributed by atoms with Gasteiger partial charge in [0.15, 0.2) is 5.78 Å². The number of allylic oxidation sites excluding steroid dienone is 1. The van der Waals surface area contributed by atoms with E-state index in [0.29, 0.717) is 34.0 Å². The van der Waals surface area contributed by atoms with Crippen molar-refractivity contribution < 1.29 is 18.7 Å². The molecule has 1 aromatic heterocycles. The molecule has 0 spiro atoms. The van der Waals surface area contributed by atoms with Crippen LogP contribution in [0.3, 0.4) is 0 Å². The second kappa shape index (κ2) is 7.58. The Morgan fingerprint density at radius 1 is 1.00 bits per heavy atom. The van der Waals surface area contributed by atoms with E-state index < -0.39 is 0 Å². The first kappa shape index (κ1) is 18.6. The molecule has 0 fully saturated rings. The van der Waals surface area contributed by atoms with Gasteiger partial charge in [-0.05, 0) is 49.4 Å². The van der Waals surface area contributed by atoms with Gasteiger partial charge in [-0.1, -0.05) is 0 Å². The van der Waals surface area contributed by atoms with Crippen molar-refractivity contribution in [1.29, 1.82) is 0 Å². The third-order valence-electron chi connectivity index (χ3n) is 4.55. The average Bonchev–Trinajstić information content (AvgIpc) is 3.04. The van der Waals surface area contributed by atoms with Crippen molar-refractivity contribution in [2.24, 2.45) is 0 Å². The highest BCUT2D eigenvalue weighted by Gasteiger charge is 2.22. The molecular weight excluding hydrogens is 342 g/mol. The molecule has 3 aromatic rings. The van der Waals surface area contributed by atoms with E-state index in [1.807, 2.05) is 50.2 Å². The third-order valence-corrected chi connectivity index (χ3v) is 4.55. The van der Waals surface area contributed by atoms with Crippen LogP contribution in [0.5, 0.6) is 11.5 Å². The van der Waals surface area contributed by atoms with Gasteiger partial charge in [-0.2, -0.15) is 0 Å². The molecule has 1 heterocycles. The minimum absolute atomic E-state index is 0.109. The van der Waals surface area contributed by atoms with Gasteiger partial charge < -0.3 is 18.8 Å². The van der Waals surface area contributed by atoms with Gasteiger partial charge in [0.2, 0.25) is 0 Å². The van der Waals surface area contributed by atoms with Gasteiger partial charge in [0, 0.05) is 36.8 Å². The number of ketones is 1. The van der Waals surface area contributed by atoms with Gasteiger partial charge in [0.05, 0.1) is 19.8 Å². The predicted octanol–water partition coefficient (Wildman–Crippen LogP) is 4.60. The molecular formula is C22H23NO4. The molecule has 0 saturated heterocycles. The topological polar surface area (TPSA) is 51.9 Å². The first-order valence-electron chi connectivity index (χ1n) is 8.59. The molecule has 2 aromatic carbocycles. The molecule has 0 N–H and O–H groups in total. The highest BCUT2D eigenvalue weighted by Crippen LogP contribution is 2.33. The first-order valence-corrected chi connectivity index (χ1v) is 8.59. The Hall–Kier alpha value is -3.21. The number of nitrogens with zero attached hydrogens (tertiary/aromatic N) is 1. The number of carbonyl (C=O) groups excluding carboxylic acids is 1. The maximum atomic E-state index is 13.3. The molecule has 0 unspecified atom stereocenters. The summed E-state index contributed by atoms with van der Waals surface area (Å²) in [5.74, 6) is 1.80. The number of furan rings is 1. The number of hydrogen-bond acceptors (Lipinski definition) is 5. The van der Waals surface area contributed by atoms with E-state index >= 15 is 0 Å². The van der Waals surface area contributed by atoms with Gasteiger partial charge in [0.25, 0.3) is 0 Å². The summed E-state index contributed by atoms with van der Waals surface area (Å²) in [6.45, 7) is 1.97. The molecule has 5 heteroatoms. The standard InChI is InChI=1S/C22H23NO4/c1-14(23(2)3)12-20-21(18-13-17(26-5)10-11-19(18)27-20)22(24)15-6-8-16(25-4)9-7-15/h6-13H,1-5H3.